The fraction of sp³-hybridized carbons (Fsp3) is 0.800. The van der Waals surface area contributed by atoms with E-state index in [4.69, 9.17) is 17.0 Å². The molecule has 0 aliphatic heterocycles. The Bertz CT molecular complexity index is 233. The van der Waals surface area contributed by atoms with Crippen LogP contribution in [0.4, 0.5) is 4.79 Å². The van der Waals surface area contributed by atoms with Gasteiger partial charge in [0.2, 0.25) is 0 Å². The van der Waals surface area contributed by atoms with Crippen molar-refractivity contribution in [3.63, 3.8) is 0 Å². The zero-order chi connectivity index (χ0) is 12.6. The molecular formula is C10H20N2O2S2. The zero-order valence-electron chi connectivity index (χ0n) is 10.3. The quantitative estimate of drug-likeness (QED) is 0.466. The van der Waals surface area contributed by atoms with Crippen LogP contribution in [0.25, 0.3) is 0 Å². The molecule has 6 heteroatoms. The van der Waals surface area contributed by atoms with Crippen LogP contribution in [0, 0.1) is 0 Å². The lowest BCUT2D eigenvalue weighted by atomic mass is 10.4. The maximum Gasteiger partial charge on any atom is 0.374 e. The summed E-state index contributed by atoms with van der Waals surface area (Å²) in [7, 11) is 4.04. The Balaban J connectivity index is 3.55. The maximum absolute atomic E-state index is 11.2. The largest absolute Gasteiger partial charge is 0.455 e. The minimum Gasteiger partial charge on any atom is -0.455 e. The van der Waals surface area contributed by atoms with Crippen molar-refractivity contribution in [2.45, 2.75) is 26.4 Å². The van der Waals surface area contributed by atoms with Crippen molar-refractivity contribution in [3.05, 3.63) is 0 Å². The molecule has 0 heterocycles. The second-order valence-corrected chi connectivity index (χ2v) is 5.50. The molecule has 0 unspecified atom stereocenters. The number of hydrogen-bond donors (Lipinski definition) is 1. The molecule has 0 saturated heterocycles. The van der Waals surface area contributed by atoms with Gasteiger partial charge in [-0.3, -0.25) is 0 Å². The molecule has 0 fully saturated rings. The topological polar surface area (TPSA) is 41.6 Å². The van der Waals surface area contributed by atoms with E-state index in [2.05, 4.69) is 10.2 Å². The van der Waals surface area contributed by atoms with Gasteiger partial charge in [0.25, 0.3) is 0 Å². The molecular weight excluding hydrogens is 244 g/mol. The van der Waals surface area contributed by atoms with Gasteiger partial charge in [0.1, 0.15) is 4.32 Å². The number of nitrogens with one attached hydrogen (secondary N) is 1. The first kappa shape index (κ1) is 15.7. The van der Waals surface area contributed by atoms with Crippen LogP contribution in [0.1, 0.15) is 20.3 Å². The van der Waals surface area contributed by atoms with E-state index in [9.17, 15) is 4.79 Å². The third-order valence-corrected chi connectivity index (χ3v) is 2.55. The van der Waals surface area contributed by atoms with Crippen LogP contribution < -0.4 is 5.32 Å². The van der Waals surface area contributed by atoms with Crippen molar-refractivity contribution < 1.29 is 9.53 Å². The Morgan fingerprint density at radius 2 is 2.12 bits per heavy atom. The lowest BCUT2D eigenvalue weighted by molar-refractivity contribution is 0.143. The molecule has 0 aliphatic rings. The molecule has 0 aromatic rings. The summed E-state index contributed by atoms with van der Waals surface area (Å²) in [6.45, 7) is 5.40. The Morgan fingerprint density at radius 3 is 2.62 bits per heavy atom. The third-order valence-electron chi connectivity index (χ3n) is 1.56. The van der Waals surface area contributed by atoms with Crippen molar-refractivity contribution in [1.29, 1.82) is 0 Å². The number of nitrogens with zero attached hydrogens (tertiary/aromatic N) is 1. The van der Waals surface area contributed by atoms with E-state index >= 15 is 0 Å². The van der Waals surface area contributed by atoms with Crippen molar-refractivity contribution in [3.8, 4) is 0 Å². The molecule has 0 aromatic carbocycles. The van der Waals surface area contributed by atoms with Gasteiger partial charge in [0.15, 0.2) is 0 Å². The minimum atomic E-state index is -0.347. The summed E-state index contributed by atoms with van der Waals surface area (Å²) in [5.41, 5.74) is 0. The van der Waals surface area contributed by atoms with Crippen LogP contribution in [0.2, 0.25) is 0 Å². The van der Waals surface area contributed by atoms with Crippen LogP contribution in [-0.2, 0) is 4.74 Å². The van der Waals surface area contributed by atoms with Crippen molar-refractivity contribution in [2.75, 3.05) is 27.2 Å². The maximum atomic E-state index is 11.2. The molecule has 0 spiro atoms. The molecule has 0 radical (unpaired) electrons. The van der Waals surface area contributed by atoms with Gasteiger partial charge in [0, 0.05) is 18.3 Å². The Morgan fingerprint density at radius 1 is 1.50 bits per heavy atom. The van der Waals surface area contributed by atoms with E-state index in [1.165, 1.54) is 0 Å². The fourth-order valence-corrected chi connectivity index (χ4v) is 1.79. The van der Waals surface area contributed by atoms with E-state index < -0.39 is 0 Å². The first-order valence-corrected chi connectivity index (χ1v) is 6.45. The van der Waals surface area contributed by atoms with E-state index in [1.807, 2.05) is 27.9 Å². The predicted molar refractivity (Wildman–Crippen MR) is 73.0 cm³/mol. The first-order valence-electron chi connectivity index (χ1n) is 5.23. The van der Waals surface area contributed by atoms with Crippen molar-refractivity contribution in [2.24, 2.45) is 0 Å². The third kappa shape index (κ3) is 10.2. The molecule has 0 rings (SSSR count). The van der Waals surface area contributed by atoms with Gasteiger partial charge in [-0.2, -0.15) is 0 Å². The first-order chi connectivity index (χ1) is 7.41. The highest BCUT2D eigenvalue weighted by Gasteiger charge is 2.09. The lowest BCUT2D eigenvalue weighted by Crippen LogP contribution is -2.25. The Hall–Kier alpha value is -0.330. The van der Waals surface area contributed by atoms with Gasteiger partial charge in [-0.15, -0.1) is 0 Å². The average molecular weight is 264 g/mol. The number of thiocarbonyl (C=S) groups is 1. The smallest absolute Gasteiger partial charge is 0.374 e. The summed E-state index contributed by atoms with van der Waals surface area (Å²) in [4.78, 5) is 13.3. The van der Waals surface area contributed by atoms with E-state index in [-0.39, 0.29) is 11.4 Å². The summed E-state index contributed by atoms with van der Waals surface area (Å²) in [6.07, 6.45) is 0.893. The van der Waals surface area contributed by atoms with Crippen molar-refractivity contribution >= 4 is 33.6 Å². The van der Waals surface area contributed by atoms with E-state index in [0.717, 1.165) is 31.3 Å². The zero-order valence-corrected chi connectivity index (χ0v) is 11.9. The van der Waals surface area contributed by atoms with Gasteiger partial charge in [-0.25, -0.2) is 4.79 Å². The van der Waals surface area contributed by atoms with Gasteiger partial charge in [-0.1, -0.05) is 12.2 Å². The number of ether oxygens (including phenoxy) is 1. The van der Waals surface area contributed by atoms with Crippen LogP contribution >= 0.6 is 24.0 Å². The summed E-state index contributed by atoms with van der Waals surface area (Å²) >= 11 is 5.93. The van der Waals surface area contributed by atoms with Crippen LogP contribution in [0.15, 0.2) is 0 Å². The summed E-state index contributed by atoms with van der Waals surface area (Å²) < 4.78 is 5.43. The summed E-state index contributed by atoms with van der Waals surface area (Å²) in [5.74, 6) is 0. The molecule has 1 N–H and O–H groups in total. The van der Waals surface area contributed by atoms with Crippen LogP contribution in [-0.4, -0.2) is 47.8 Å². The fourth-order valence-electron chi connectivity index (χ4n) is 0.914. The second kappa shape index (κ2) is 8.78. The minimum absolute atomic E-state index is 0.100. The lowest BCUT2D eigenvalue weighted by Gasteiger charge is -2.11. The van der Waals surface area contributed by atoms with Crippen molar-refractivity contribution in [1.82, 2.24) is 10.2 Å². The highest BCUT2D eigenvalue weighted by atomic mass is 32.2. The van der Waals surface area contributed by atoms with Gasteiger partial charge >= 0.3 is 5.30 Å². The van der Waals surface area contributed by atoms with Crippen LogP contribution in [0.3, 0.4) is 0 Å². The number of rotatable bonds is 5. The molecule has 94 valence electrons. The SMILES string of the molecule is CC(C)OC(=O)SC(=S)NCCCN(C)C. The number of thioether (sulfide) groups is 1. The van der Waals surface area contributed by atoms with Gasteiger partial charge in [-0.05, 0) is 40.9 Å². The molecule has 0 aliphatic carbocycles. The van der Waals surface area contributed by atoms with Gasteiger partial charge in [0.05, 0.1) is 6.10 Å². The average Bonchev–Trinajstić information content (AvgIpc) is 2.10. The molecule has 4 nitrogen and oxygen atoms in total. The summed E-state index contributed by atoms with van der Waals surface area (Å²) in [5, 5.41) is 2.66. The molecule has 16 heavy (non-hydrogen) atoms. The highest BCUT2D eigenvalue weighted by Crippen LogP contribution is 2.08. The number of hydrogen-bond acceptors (Lipinski definition) is 5. The number of carbonyl (C=O) groups is 1. The monoisotopic (exact) mass is 264 g/mol. The molecule has 0 amide bonds. The van der Waals surface area contributed by atoms with Crippen LogP contribution in [0.5, 0.6) is 0 Å². The Kier molecular flexibility index (Phi) is 8.60. The highest BCUT2D eigenvalue weighted by molar-refractivity contribution is 8.32. The molecule has 0 atom stereocenters. The normalized spacial score (nSPS) is 10.6. The standard InChI is InChI=1S/C10H20N2O2S2/c1-8(2)14-10(13)16-9(15)11-6-5-7-12(3)4/h8H,5-7H2,1-4H3,(H,11,15). The predicted octanol–water partition coefficient (Wildman–Crippen LogP) is 2.09. The van der Waals surface area contributed by atoms with E-state index in [0.29, 0.717) is 4.32 Å². The molecule has 0 bridgehead atoms. The van der Waals surface area contributed by atoms with Gasteiger partial charge < -0.3 is 15.0 Å². The second-order valence-electron chi connectivity index (χ2n) is 3.89. The van der Waals surface area contributed by atoms with E-state index in [1.54, 1.807) is 0 Å². The number of carbonyl (C=O) groups excluding carboxylic acids is 1. The summed E-state index contributed by atoms with van der Waals surface area (Å²) in [6, 6.07) is 0. The molecule has 0 saturated carbocycles. The Labute approximate surface area is 107 Å². The molecule has 0 aromatic heterocycles.